The van der Waals surface area contributed by atoms with Gasteiger partial charge in [-0.3, -0.25) is 9.59 Å². The number of benzene rings is 3. The lowest BCUT2D eigenvalue weighted by Gasteiger charge is -2.09. The molecule has 0 atom stereocenters. The second-order valence-corrected chi connectivity index (χ2v) is 7.73. The van der Waals surface area contributed by atoms with Crippen LogP contribution < -0.4 is 10.7 Å². The zero-order valence-corrected chi connectivity index (χ0v) is 17.2. The van der Waals surface area contributed by atoms with Crippen LogP contribution in [-0.2, 0) is 0 Å². The zero-order chi connectivity index (χ0) is 21.3. The third-order valence-electron chi connectivity index (χ3n) is 5.24. The summed E-state index contributed by atoms with van der Waals surface area (Å²) >= 11 is 0. The van der Waals surface area contributed by atoms with Crippen molar-refractivity contribution in [1.82, 2.24) is 0 Å². The van der Waals surface area contributed by atoms with Crippen LogP contribution in [0.4, 0.5) is 5.69 Å². The van der Waals surface area contributed by atoms with Crippen LogP contribution in [0.25, 0.3) is 22.3 Å². The van der Waals surface area contributed by atoms with Crippen LogP contribution in [0.2, 0.25) is 0 Å². The molecule has 3 aromatic carbocycles. The minimum absolute atomic E-state index is 0.147. The number of hydrogen-bond donors (Lipinski definition) is 1. The highest BCUT2D eigenvalue weighted by Crippen LogP contribution is 2.26. The van der Waals surface area contributed by atoms with E-state index in [1.807, 2.05) is 49.4 Å². The van der Waals surface area contributed by atoms with Gasteiger partial charge in [-0.05, 0) is 48.2 Å². The predicted octanol–water partition coefficient (Wildman–Crippen LogP) is 6.14. The maximum Gasteiger partial charge on any atom is 0.255 e. The molecule has 0 aliphatic carbocycles. The molecule has 0 spiro atoms. The molecular formula is C26H23NO3. The molecule has 150 valence electrons. The van der Waals surface area contributed by atoms with Gasteiger partial charge in [-0.25, -0.2) is 0 Å². The summed E-state index contributed by atoms with van der Waals surface area (Å²) in [5, 5.41) is 3.29. The molecule has 1 aromatic heterocycles. The largest absolute Gasteiger partial charge is 0.456 e. The van der Waals surface area contributed by atoms with E-state index in [4.69, 9.17) is 4.42 Å². The van der Waals surface area contributed by atoms with Gasteiger partial charge in [0.05, 0.1) is 5.39 Å². The fraction of sp³-hybridized carbons (Fsp3) is 0.154. The smallest absolute Gasteiger partial charge is 0.255 e. The van der Waals surface area contributed by atoms with Crippen molar-refractivity contribution in [1.29, 1.82) is 0 Å². The standard InChI is InChI=1S/C26H23NO3/c1-16(2)18-8-10-19(11-9-18)25-15-23(28)22-14-20(12-13-24(22)30-25)27-26(29)21-7-5-4-6-17(21)3/h4-16H,1-3H3,(H,27,29). The van der Waals surface area contributed by atoms with Crippen molar-refractivity contribution in [2.45, 2.75) is 26.7 Å². The number of amides is 1. The number of fused-ring (bicyclic) bond motifs is 1. The molecule has 30 heavy (non-hydrogen) atoms. The SMILES string of the molecule is Cc1ccccc1C(=O)Nc1ccc2oc(-c3ccc(C(C)C)cc3)cc(=O)c2c1. The lowest BCUT2D eigenvalue weighted by Crippen LogP contribution is -2.13. The van der Waals surface area contributed by atoms with Crippen LogP contribution in [0, 0.1) is 6.92 Å². The van der Waals surface area contributed by atoms with E-state index in [0.717, 1.165) is 11.1 Å². The Bertz CT molecular complexity index is 1280. The molecule has 0 unspecified atom stereocenters. The van der Waals surface area contributed by atoms with Crippen molar-refractivity contribution in [3.8, 4) is 11.3 Å². The highest BCUT2D eigenvalue weighted by atomic mass is 16.3. The molecular weight excluding hydrogens is 374 g/mol. The Morgan fingerprint density at radius 2 is 1.67 bits per heavy atom. The minimum atomic E-state index is -0.210. The van der Waals surface area contributed by atoms with Gasteiger partial charge in [-0.15, -0.1) is 0 Å². The summed E-state index contributed by atoms with van der Waals surface area (Å²) in [6, 6.07) is 22.0. The summed E-state index contributed by atoms with van der Waals surface area (Å²) in [5.41, 5.74) is 4.47. The molecule has 0 fully saturated rings. The van der Waals surface area contributed by atoms with Crippen molar-refractivity contribution in [2.75, 3.05) is 5.32 Å². The number of aryl methyl sites for hydroxylation is 1. The number of rotatable bonds is 4. The number of anilines is 1. The van der Waals surface area contributed by atoms with E-state index in [1.165, 1.54) is 11.6 Å². The first-order chi connectivity index (χ1) is 14.4. The second-order valence-electron chi connectivity index (χ2n) is 7.73. The summed E-state index contributed by atoms with van der Waals surface area (Å²) in [4.78, 5) is 25.3. The van der Waals surface area contributed by atoms with Crippen LogP contribution >= 0.6 is 0 Å². The Balaban J connectivity index is 1.65. The average molecular weight is 397 g/mol. The third-order valence-corrected chi connectivity index (χ3v) is 5.24. The summed E-state index contributed by atoms with van der Waals surface area (Å²) in [7, 11) is 0. The first-order valence-electron chi connectivity index (χ1n) is 9.97. The zero-order valence-electron chi connectivity index (χ0n) is 17.2. The first kappa shape index (κ1) is 19.6. The van der Waals surface area contributed by atoms with E-state index >= 15 is 0 Å². The summed E-state index contributed by atoms with van der Waals surface area (Å²) in [6.07, 6.45) is 0. The molecule has 0 aliphatic rings. The quantitative estimate of drug-likeness (QED) is 0.450. The summed E-state index contributed by atoms with van der Waals surface area (Å²) in [6.45, 7) is 6.17. The van der Waals surface area contributed by atoms with Crippen molar-refractivity contribution in [3.05, 3.63) is 99.7 Å². The van der Waals surface area contributed by atoms with Gasteiger partial charge in [-0.1, -0.05) is 56.3 Å². The van der Waals surface area contributed by atoms with Crippen LogP contribution in [0.3, 0.4) is 0 Å². The predicted molar refractivity (Wildman–Crippen MR) is 121 cm³/mol. The van der Waals surface area contributed by atoms with Crippen molar-refractivity contribution < 1.29 is 9.21 Å². The summed E-state index contributed by atoms with van der Waals surface area (Å²) < 4.78 is 5.98. The molecule has 4 nitrogen and oxygen atoms in total. The molecule has 0 bridgehead atoms. The van der Waals surface area contributed by atoms with E-state index in [2.05, 4.69) is 19.2 Å². The van der Waals surface area contributed by atoms with Gasteiger partial charge < -0.3 is 9.73 Å². The van der Waals surface area contributed by atoms with Gasteiger partial charge >= 0.3 is 0 Å². The second kappa shape index (κ2) is 7.99. The third kappa shape index (κ3) is 3.90. The molecule has 4 rings (SSSR count). The molecule has 0 aliphatic heterocycles. The topological polar surface area (TPSA) is 59.3 Å². The number of hydrogen-bond acceptors (Lipinski definition) is 3. The first-order valence-corrected chi connectivity index (χ1v) is 9.97. The van der Waals surface area contributed by atoms with Crippen LogP contribution in [0.15, 0.2) is 82.0 Å². The van der Waals surface area contributed by atoms with Gasteiger partial charge in [0.15, 0.2) is 5.43 Å². The Morgan fingerprint density at radius 3 is 2.37 bits per heavy atom. The molecule has 1 amide bonds. The fourth-order valence-electron chi connectivity index (χ4n) is 3.43. The van der Waals surface area contributed by atoms with E-state index < -0.39 is 0 Å². The van der Waals surface area contributed by atoms with Gasteiger partial charge in [0, 0.05) is 22.9 Å². The maximum absolute atomic E-state index is 12.7. The molecule has 0 saturated heterocycles. The Hall–Kier alpha value is -3.66. The Labute approximate surface area is 175 Å². The molecule has 0 saturated carbocycles. The van der Waals surface area contributed by atoms with E-state index in [-0.39, 0.29) is 11.3 Å². The monoisotopic (exact) mass is 397 g/mol. The number of carbonyl (C=O) groups excluding carboxylic acids is 1. The molecule has 4 aromatic rings. The fourth-order valence-corrected chi connectivity index (χ4v) is 3.43. The van der Waals surface area contributed by atoms with E-state index in [1.54, 1.807) is 24.3 Å². The highest BCUT2D eigenvalue weighted by Gasteiger charge is 2.12. The van der Waals surface area contributed by atoms with Crippen LogP contribution in [0.1, 0.15) is 41.3 Å². The summed E-state index contributed by atoms with van der Waals surface area (Å²) in [5.74, 6) is 0.758. The van der Waals surface area contributed by atoms with Crippen LogP contribution in [-0.4, -0.2) is 5.91 Å². The van der Waals surface area contributed by atoms with E-state index in [9.17, 15) is 9.59 Å². The minimum Gasteiger partial charge on any atom is -0.456 e. The Morgan fingerprint density at radius 1 is 0.933 bits per heavy atom. The molecule has 1 heterocycles. The number of nitrogens with one attached hydrogen (secondary N) is 1. The van der Waals surface area contributed by atoms with Gasteiger partial charge in [-0.2, -0.15) is 0 Å². The van der Waals surface area contributed by atoms with Crippen LogP contribution in [0.5, 0.6) is 0 Å². The lowest BCUT2D eigenvalue weighted by molar-refractivity contribution is 0.102. The number of carbonyl (C=O) groups is 1. The van der Waals surface area contributed by atoms with Gasteiger partial charge in [0.25, 0.3) is 5.91 Å². The Kier molecular flexibility index (Phi) is 5.23. The molecule has 4 heteroatoms. The van der Waals surface area contributed by atoms with E-state index in [0.29, 0.717) is 33.9 Å². The van der Waals surface area contributed by atoms with Crippen molar-refractivity contribution in [2.24, 2.45) is 0 Å². The van der Waals surface area contributed by atoms with Gasteiger partial charge in [0.1, 0.15) is 11.3 Å². The normalized spacial score (nSPS) is 11.1. The van der Waals surface area contributed by atoms with Gasteiger partial charge in [0.2, 0.25) is 0 Å². The molecule has 0 radical (unpaired) electrons. The lowest BCUT2D eigenvalue weighted by atomic mass is 10.0. The van der Waals surface area contributed by atoms with Crippen molar-refractivity contribution in [3.63, 3.8) is 0 Å². The maximum atomic E-state index is 12.7. The van der Waals surface area contributed by atoms with Crippen molar-refractivity contribution >= 4 is 22.6 Å². The highest BCUT2D eigenvalue weighted by molar-refractivity contribution is 6.06. The molecule has 1 N–H and O–H groups in total. The average Bonchev–Trinajstić information content (AvgIpc) is 2.74.